The lowest BCUT2D eigenvalue weighted by atomic mass is 9.94. The van der Waals surface area contributed by atoms with E-state index in [4.69, 9.17) is 4.74 Å². The Morgan fingerprint density at radius 1 is 1.21 bits per heavy atom. The molecule has 1 aromatic rings. The fourth-order valence-electron chi connectivity index (χ4n) is 2.26. The number of rotatable bonds is 10. The van der Waals surface area contributed by atoms with Crippen LogP contribution >= 0.6 is 15.9 Å². The van der Waals surface area contributed by atoms with Gasteiger partial charge in [-0.25, -0.2) is 0 Å². The maximum atomic E-state index is 5.12. The van der Waals surface area contributed by atoms with Gasteiger partial charge in [0.1, 0.15) is 0 Å². The quantitative estimate of drug-likeness (QED) is 0.655. The molecular formula is C16H26BrNO. The number of hydrogen-bond donors (Lipinski definition) is 1. The molecule has 0 amide bonds. The van der Waals surface area contributed by atoms with Crippen molar-refractivity contribution < 1.29 is 4.74 Å². The second kappa shape index (κ2) is 10.4. The molecule has 1 rings (SSSR count). The monoisotopic (exact) mass is 327 g/mol. The molecule has 1 unspecified atom stereocenters. The molecule has 19 heavy (non-hydrogen) atoms. The molecule has 1 atom stereocenters. The topological polar surface area (TPSA) is 21.3 Å². The van der Waals surface area contributed by atoms with Crippen molar-refractivity contribution in [2.75, 3.05) is 26.8 Å². The minimum atomic E-state index is 0.720. The Morgan fingerprint density at radius 3 is 2.58 bits per heavy atom. The highest BCUT2D eigenvalue weighted by Crippen LogP contribution is 2.17. The van der Waals surface area contributed by atoms with Crippen molar-refractivity contribution in [3.63, 3.8) is 0 Å². The van der Waals surface area contributed by atoms with Crippen LogP contribution in [-0.4, -0.2) is 26.8 Å². The Kier molecular flexibility index (Phi) is 9.14. The second-order valence-electron chi connectivity index (χ2n) is 4.99. The van der Waals surface area contributed by atoms with E-state index in [1.54, 1.807) is 7.11 Å². The molecule has 1 N–H and O–H groups in total. The summed E-state index contributed by atoms with van der Waals surface area (Å²) in [4.78, 5) is 0. The van der Waals surface area contributed by atoms with E-state index in [-0.39, 0.29) is 0 Å². The summed E-state index contributed by atoms with van der Waals surface area (Å²) in [5.41, 5.74) is 1.43. The molecule has 3 heteroatoms. The van der Waals surface area contributed by atoms with E-state index in [1.165, 1.54) is 24.8 Å². The molecular weight excluding hydrogens is 302 g/mol. The van der Waals surface area contributed by atoms with E-state index < -0.39 is 0 Å². The number of methoxy groups -OCH3 is 1. The minimum Gasteiger partial charge on any atom is -0.385 e. The summed E-state index contributed by atoms with van der Waals surface area (Å²) in [7, 11) is 1.78. The van der Waals surface area contributed by atoms with Gasteiger partial charge in [-0.15, -0.1) is 0 Å². The molecule has 1 aromatic carbocycles. The van der Waals surface area contributed by atoms with Crippen molar-refractivity contribution in [1.29, 1.82) is 0 Å². The van der Waals surface area contributed by atoms with Crippen LogP contribution in [0, 0.1) is 5.92 Å². The van der Waals surface area contributed by atoms with Crippen molar-refractivity contribution in [2.24, 2.45) is 5.92 Å². The van der Waals surface area contributed by atoms with Gasteiger partial charge < -0.3 is 10.1 Å². The highest BCUT2D eigenvalue weighted by molar-refractivity contribution is 9.10. The van der Waals surface area contributed by atoms with Gasteiger partial charge >= 0.3 is 0 Å². The van der Waals surface area contributed by atoms with Crippen LogP contribution in [0.5, 0.6) is 0 Å². The fraction of sp³-hybridized carbons (Fsp3) is 0.625. The van der Waals surface area contributed by atoms with Crippen LogP contribution in [0.4, 0.5) is 0 Å². The average molecular weight is 328 g/mol. The lowest BCUT2D eigenvalue weighted by Crippen LogP contribution is -2.24. The number of benzene rings is 1. The smallest absolute Gasteiger partial charge is 0.0462 e. The highest BCUT2D eigenvalue weighted by Gasteiger charge is 2.09. The summed E-state index contributed by atoms with van der Waals surface area (Å²) >= 11 is 3.49. The normalized spacial score (nSPS) is 12.6. The summed E-state index contributed by atoms with van der Waals surface area (Å²) in [6.45, 7) is 5.21. The third-order valence-corrected chi connectivity index (χ3v) is 3.86. The van der Waals surface area contributed by atoms with Gasteiger partial charge in [0.15, 0.2) is 0 Å². The van der Waals surface area contributed by atoms with Gasteiger partial charge in [0.2, 0.25) is 0 Å². The second-order valence-corrected chi connectivity index (χ2v) is 5.91. The first-order chi connectivity index (χ1) is 9.26. The minimum absolute atomic E-state index is 0.720. The number of halogens is 1. The van der Waals surface area contributed by atoms with Crippen LogP contribution in [0.25, 0.3) is 0 Å². The van der Waals surface area contributed by atoms with E-state index in [2.05, 4.69) is 52.4 Å². The van der Waals surface area contributed by atoms with Crippen molar-refractivity contribution in [3.05, 3.63) is 34.3 Å². The van der Waals surface area contributed by atoms with Gasteiger partial charge in [-0.3, -0.25) is 0 Å². The van der Waals surface area contributed by atoms with Crippen LogP contribution < -0.4 is 5.32 Å². The first-order valence-electron chi connectivity index (χ1n) is 7.20. The summed E-state index contributed by atoms with van der Waals surface area (Å²) in [6, 6.07) is 8.70. The van der Waals surface area contributed by atoms with E-state index in [1.807, 2.05) is 0 Å². The first-order valence-corrected chi connectivity index (χ1v) is 7.99. The average Bonchev–Trinajstić information content (AvgIpc) is 2.43. The summed E-state index contributed by atoms with van der Waals surface area (Å²) in [5.74, 6) is 0.720. The molecule has 0 bridgehead atoms. The lowest BCUT2D eigenvalue weighted by Gasteiger charge is -2.17. The molecule has 0 aliphatic rings. The molecule has 0 aliphatic carbocycles. The standard InChI is InChI=1S/C16H26BrNO/c1-3-18-13-15(6-4-5-11-19-2)12-14-7-9-16(17)10-8-14/h7-10,15,18H,3-6,11-13H2,1-2H3. The van der Waals surface area contributed by atoms with Crippen LogP contribution in [0.2, 0.25) is 0 Å². The molecule has 2 nitrogen and oxygen atoms in total. The van der Waals surface area contributed by atoms with Gasteiger partial charge in [0.25, 0.3) is 0 Å². The third kappa shape index (κ3) is 7.71. The Bertz CT molecular complexity index is 326. The number of hydrogen-bond acceptors (Lipinski definition) is 2. The zero-order valence-electron chi connectivity index (χ0n) is 12.1. The zero-order valence-corrected chi connectivity index (χ0v) is 13.7. The summed E-state index contributed by atoms with van der Waals surface area (Å²) in [6.07, 6.45) is 4.85. The number of nitrogens with one attached hydrogen (secondary N) is 1. The zero-order chi connectivity index (χ0) is 13.9. The van der Waals surface area contributed by atoms with Gasteiger partial charge in [-0.05, 0) is 56.0 Å². The molecule has 0 saturated heterocycles. The first kappa shape index (κ1) is 16.7. The molecule has 0 fully saturated rings. The SMILES string of the molecule is CCNCC(CCCCOC)Cc1ccc(Br)cc1. The Hall–Kier alpha value is -0.380. The lowest BCUT2D eigenvalue weighted by molar-refractivity contribution is 0.190. The van der Waals surface area contributed by atoms with Crippen molar-refractivity contribution in [3.8, 4) is 0 Å². The number of unbranched alkanes of at least 4 members (excludes halogenated alkanes) is 1. The van der Waals surface area contributed by atoms with Gasteiger partial charge in [-0.1, -0.05) is 41.4 Å². The van der Waals surface area contributed by atoms with Gasteiger partial charge in [-0.2, -0.15) is 0 Å². The highest BCUT2D eigenvalue weighted by atomic mass is 79.9. The maximum Gasteiger partial charge on any atom is 0.0462 e. The predicted octanol–water partition coefficient (Wildman–Crippen LogP) is 4.03. The van der Waals surface area contributed by atoms with E-state index in [9.17, 15) is 0 Å². The third-order valence-electron chi connectivity index (χ3n) is 3.33. The van der Waals surface area contributed by atoms with Crippen molar-refractivity contribution in [1.82, 2.24) is 5.32 Å². The molecule has 0 saturated carbocycles. The summed E-state index contributed by atoms with van der Waals surface area (Å²) in [5, 5.41) is 3.48. The maximum absolute atomic E-state index is 5.12. The van der Waals surface area contributed by atoms with Crippen molar-refractivity contribution >= 4 is 15.9 Å². The molecule has 0 aromatic heterocycles. The molecule has 0 radical (unpaired) electrons. The number of ether oxygens (including phenoxy) is 1. The Labute approximate surface area is 126 Å². The fourth-order valence-corrected chi connectivity index (χ4v) is 2.52. The predicted molar refractivity (Wildman–Crippen MR) is 85.6 cm³/mol. The van der Waals surface area contributed by atoms with E-state index in [0.29, 0.717) is 0 Å². The van der Waals surface area contributed by atoms with Crippen LogP contribution in [-0.2, 0) is 11.2 Å². The Balaban J connectivity index is 2.41. The van der Waals surface area contributed by atoms with Gasteiger partial charge in [0, 0.05) is 18.2 Å². The Morgan fingerprint density at radius 2 is 1.95 bits per heavy atom. The molecule has 0 heterocycles. The largest absolute Gasteiger partial charge is 0.385 e. The molecule has 0 aliphatic heterocycles. The summed E-state index contributed by atoms with van der Waals surface area (Å²) < 4.78 is 6.27. The molecule has 108 valence electrons. The van der Waals surface area contributed by atoms with Crippen LogP contribution in [0.1, 0.15) is 31.7 Å². The van der Waals surface area contributed by atoms with E-state index in [0.717, 1.165) is 36.5 Å². The van der Waals surface area contributed by atoms with Crippen LogP contribution in [0.15, 0.2) is 28.7 Å². The van der Waals surface area contributed by atoms with Crippen LogP contribution in [0.3, 0.4) is 0 Å². The molecule has 0 spiro atoms. The van der Waals surface area contributed by atoms with Crippen molar-refractivity contribution in [2.45, 2.75) is 32.6 Å². The van der Waals surface area contributed by atoms with E-state index >= 15 is 0 Å². The van der Waals surface area contributed by atoms with Gasteiger partial charge in [0.05, 0.1) is 0 Å².